The van der Waals surface area contributed by atoms with E-state index < -0.39 is 15.7 Å². The molecule has 0 spiro atoms. The zero-order chi connectivity index (χ0) is 30.7. The fourth-order valence-electron chi connectivity index (χ4n) is 4.17. The normalized spacial score (nSPS) is 18.6. The van der Waals surface area contributed by atoms with Crippen molar-refractivity contribution in [3.8, 4) is 0 Å². The van der Waals surface area contributed by atoms with Crippen molar-refractivity contribution in [1.29, 1.82) is 0 Å². The standard InChI is InChI=1S/C24H24NOP.C8H12.F6P.Ir/c1-18(2)22-17-26-24(25-22)21-15-9-10-16-23(21)27(19-11-5-3-6-12-19)20-13-7-4-8-14-20;1-2-4-6-8-7-5-3-1;1-7(2,3,4,5)6;/h3-16,18,22H,17H2,1-2H3;1-2,7-8H,3-6H2;;/q;;-1;/t22-;;;/m1.../s1. The zero-order valence-electron chi connectivity index (χ0n) is 23.9. The fourth-order valence-corrected chi connectivity index (χ4v) is 6.61. The van der Waals surface area contributed by atoms with Gasteiger partial charge in [0.05, 0.1) is 6.04 Å². The quantitative estimate of drug-likeness (QED) is 0.186. The minimum Gasteiger partial charge on any atom is -0.0496 e. The van der Waals surface area contributed by atoms with E-state index in [2.05, 4.69) is 124 Å². The molecular weight excluding hydrogens is 783 g/mol. The molecule has 3 aromatic carbocycles. The Labute approximate surface area is 266 Å². The molecule has 1 saturated carbocycles. The van der Waals surface area contributed by atoms with Gasteiger partial charge in [-0.1, -0.05) is 92.7 Å². The number of ether oxygens (including phenoxy) is 1. The largest absolute Gasteiger partial charge is 0.0496 e. The average molecular weight is 819 g/mol. The molecular formula is C32H36F6IrNOP2-. The fraction of sp³-hybridized carbons (Fsp3) is 0.281. The van der Waals surface area contributed by atoms with Crippen molar-refractivity contribution in [3.05, 3.63) is 116 Å². The van der Waals surface area contributed by atoms with Crippen LogP contribution in [0, 0.1) is 31.6 Å². The van der Waals surface area contributed by atoms with E-state index in [0.717, 1.165) is 11.5 Å². The van der Waals surface area contributed by atoms with E-state index in [1.54, 1.807) is 0 Å². The van der Waals surface area contributed by atoms with Crippen LogP contribution in [-0.4, -0.2) is 18.5 Å². The van der Waals surface area contributed by atoms with Crippen LogP contribution in [-0.2, 0) is 24.8 Å². The summed E-state index contributed by atoms with van der Waals surface area (Å²) in [6, 6.07) is 30.4. The summed E-state index contributed by atoms with van der Waals surface area (Å²) >= 11 is 0. The topological polar surface area (TPSA) is 21.6 Å². The molecule has 1 aliphatic carbocycles. The van der Waals surface area contributed by atoms with Gasteiger partial charge in [0.25, 0.3) is 0 Å². The molecule has 1 atom stereocenters. The number of hydrogen-bond acceptors (Lipinski definition) is 2. The van der Waals surface area contributed by atoms with Crippen LogP contribution in [0.4, 0.5) is 25.2 Å². The number of rotatable bonds is 5. The number of aliphatic imine (C=N–C) groups is 1. The minimum atomic E-state index is -10.7. The maximum atomic E-state index is 9.87. The van der Waals surface area contributed by atoms with Crippen LogP contribution in [0.1, 0.15) is 45.1 Å². The van der Waals surface area contributed by atoms with Gasteiger partial charge in [0.15, 0.2) is 0 Å². The third kappa shape index (κ3) is 15.2. The van der Waals surface area contributed by atoms with Crippen molar-refractivity contribution >= 4 is 37.5 Å². The van der Waals surface area contributed by atoms with Gasteiger partial charge in [-0.25, -0.2) is 4.99 Å². The van der Waals surface area contributed by atoms with Crippen LogP contribution in [0.5, 0.6) is 0 Å². The van der Waals surface area contributed by atoms with Crippen LogP contribution >= 0.6 is 15.7 Å². The smallest absolute Gasteiger partial charge is 0 e. The SMILES string of the molecule is CC(C)[C@H]1COC(c2ccccc2P(c2ccccc2)c2ccccc2)=N1.F[P-](F)(F)(F)(F)F.[CH]1[CH]CC[CH][CH]CC1.[Ir]. The summed E-state index contributed by atoms with van der Waals surface area (Å²) in [5, 5.41) is 3.98. The van der Waals surface area contributed by atoms with E-state index in [9.17, 15) is 25.2 Å². The van der Waals surface area contributed by atoms with Crippen LogP contribution in [0.2, 0.25) is 0 Å². The second kappa shape index (κ2) is 16.0. The summed E-state index contributed by atoms with van der Waals surface area (Å²) in [5.41, 5.74) is 1.12. The Morgan fingerprint density at radius 2 is 1.07 bits per heavy atom. The number of benzene rings is 3. The first-order valence-corrected chi connectivity index (χ1v) is 17.1. The van der Waals surface area contributed by atoms with Crippen LogP contribution in [0.15, 0.2) is 89.9 Å². The van der Waals surface area contributed by atoms with Gasteiger partial charge >= 0.3 is 33.0 Å². The van der Waals surface area contributed by atoms with E-state index in [1.165, 1.54) is 41.6 Å². The van der Waals surface area contributed by atoms with E-state index in [-0.39, 0.29) is 26.1 Å². The molecule has 0 amide bonds. The van der Waals surface area contributed by atoms with Gasteiger partial charge in [-0.2, -0.15) is 0 Å². The van der Waals surface area contributed by atoms with Gasteiger partial charge in [-0.3, -0.25) is 0 Å². The van der Waals surface area contributed by atoms with Gasteiger partial charge in [-0.15, -0.1) is 0 Å². The molecule has 237 valence electrons. The first-order chi connectivity index (χ1) is 19.7. The second-order valence-corrected chi connectivity index (χ2v) is 14.2. The maximum absolute atomic E-state index is 10.7. The van der Waals surface area contributed by atoms with Crippen molar-refractivity contribution in [2.24, 2.45) is 10.9 Å². The Balaban J connectivity index is 0.000000333. The molecule has 1 fully saturated rings. The van der Waals surface area contributed by atoms with Crippen molar-refractivity contribution in [2.45, 2.75) is 45.6 Å². The molecule has 5 radical (unpaired) electrons. The molecule has 5 rings (SSSR count). The number of halogens is 6. The Kier molecular flexibility index (Phi) is 13.9. The third-order valence-electron chi connectivity index (χ3n) is 6.18. The molecule has 0 unspecified atom stereocenters. The zero-order valence-corrected chi connectivity index (χ0v) is 28.1. The Hall–Kier alpha value is -1.78. The summed E-state index contributed by atoms with van der Waals surface area (Å²) < 4.78 is 65.2. The number of hydrogen-bond donors (Lipinski definition) is 0. The Morgan fingerprint density at radius 3 is 1.47 bits per heavy atom. The summed E-state index contributed by atoms with van der Waals surface area (Å²) in [6.45, 7) is 5.08. The predicted molar refractivity (Wildman–Crippen MR) is 165 cm³/mol. The number of nitrogens with zero attached hydrogens (tertiary/aromatic N) is 1. The van der Waals surface area contributed by atoms with Gasteiger partial charge in [0.1, 0.15) is 6.61 Å². The molecule has 2 aliphatic rings. The average Bonchev–Trinajstić information content (AvgIpc) is 3.40. The van der Waals surface area contributed by atoms with Crippen LogP contribution in [0.3, 0.4) is 0 Å². The first kappa shape index (κ1) is 37.4. The van der Waals surface area contributed by atoms with Crippen molar-refractivity contribution in [1.82, 2.24) is 0 Å². The minimum absolute atomic E-state index is 0. The summed E-state index contributed by atoms with van der Waals surface area (Å²) in [4.78, 5) is 4.89. The van der Waals surface area contributed by atoms with Crippen LogP contribution in [0.25, 0.3) is 0 Å². The molecule has 2 nitrogen and oxygen atoms in total. The maximum Gasteiger partial charge on any atom is 0 e. The molecule has 1 heterocycles. The van der Waals surface area contributed by atoms with Crippen molar-refractivity contribution in [3.63, 3.8) is 0 Å². The van der Waals surface area contributed by atoms with Gasteiger partial charge < -0.3 is 4.74 Å². The molecule has 0 N–H and O–H groups in total. The van der Waals surface area contributed by atoms with Gasteiger partial charge in [0, 0.05) is 25.7 Å². The van der Waals surface area contributed by atoms with Crippen molar-refractivity contribution < 1.29 is 50.0 Å². The molecule has 1 aliphatic heterocycles. The van der Waals surface area contributed by atoms with E-state index in [0.29, 0.717) is 12.5 Å². The van der Waals surface area contributed by atoms with E-state index in [4.69, 9.17) is 9.73 Å². The van der Waals surface area contributed by atoms with Gasteiger partial charge in [-0.05, 0) is 87.2 Å². The van der Waals surface area contributed by atoms with Crippen LogP contribution < -0.4 is 15.9 Å². The summed E-state index contributed by atoms with van der Waals surface area (Å²) in [6.07, 6.45) is 14.0. The monoisotopic (exact) mass is 819 g/mol. The Bertz CT molecular complexity index is 1200. The van der Waals surface area contributed by atoms with Gasteiger partial charge in [0.2, 0.25) is 5.90 Å². The molecule has 3 aromatic rings. The molecule has 43 heavy (non-hydrogen) atoms. The van der Waals surface area contributed by atoms with Crippen molar-refractivity contribution in [2.75, 3.05) is 6.61 Å². The Morgan fingerprint density at radius 1 is 0.674 bits per heavy atom. The molecule has 0 bridgehead atoms. The van der Waals surface area contributed by atoms with E-state index >= 15 is 0 Å². The molecule has 0 aromatic heterocycles. The molecule has 11 heteroatoms. The first-order valence-electron chi connectivity index (χ1n) is 13.8. The molecule has 0 saturated heterocycles. The second-order valence-electron chi connectivity index (χ2n) is 10.1. The third-order valence-corrected chi connectivity index (χ3v) is 8.68. The summed E-state index contributed by atoms with van der Waals surface area (Å²) in [5.74, 6) is 1.28. The van der Waals surface area contributed by atoms with E-state index in [1.807, 2.05) is 0 Å². The summed E-state index contributed by atoms with van der Waals surface area (Å²) in [7, 11) is -11.3. The predicted octanol–water partition coefficient (Wildman–Crippen LogP) is 10.0.